The first-order valence-electron chi connectivity index (χ1n) is 9.47. The van der Waals surface area contributed by atoms with Crippen molar-refractivity contribution in [3.63, 3.8) is 0 Å². The number of hydrogen-bond donors (Lipinski definition) is 0. The molecule has 0 radical (unpaired) electrons. The number of nitro benzene ring substituents is 1. The van der Waals surface area contributed by atoms with Crippen LogP contribution in [0.1, 0.15) is 15.9 Å². The first-order chi connectivity index (χ1) is 14.9. The maximum absolute atomic E-state index is 13.1. The minimum Gasteiger partial charge on any atom is -0.478 e. The van der Waals surface area contributed by atoms with Crippen molar-refractivity contribution in [3.8, 4) is 17.1 Å². The van der Waals surface area contributed by atoms with Gasteiger partial charge in [0.25, 0.3) is 5.69 Å². The molecular formula is C24H17NO6. The molecule has 0 saturated carbocycles. The van der Waals surface area contributed by atoms with Crippen LogP contribution in [0.15, 0.2) is 82.0 Å². The quantitative estimate of drug-likeness (QED) is 0.251. The second kappa shape index (κ2) is 8.23. The summed E-state index contributed by atoms with van der Waals surface area (Å²) < 4.78 is 11.7. The van der Waals surface area contributed by atoms with E-state index in [9.17, 15) is 19.7 Å². The number of carbonyl (C=O) groups excluding carboxylic acids is 1. The molecular weight excluding hydrogens is 398 g/mol. The highest BCUT2D eigenvalue weighted by Crippen LogP contribution is 2.31. The molecule has 0 saturated heterocycles. The van der Waals surface area contributed by atoms with Crippen LogP contribution >= 0.6 is 0 Å². The number of carbonyl (C=O) groups is 1. The topological polar surface area (TPSA) is 99.7 Å². The van der Waals surface area contributed by atoms with Crippen LogP contribution in [0.3, 0.4) is 0 Å². The molecule has 31 heavy (non-hydrogen) atoms. The Bertz CT molecular complexity index is 1340. The summed E-state index contributed by atoms with van der Waals surface area (Å²) in [7, 11) is 0. The molecule has 0 aliphatic heterocycles. The fourth-order valence-corrected chi connectivity index (χ4v) is 3.18. The molecule has 4 rings (SSSR count). The fourth-order valence-electron chi connectivity index (χ4n) is 3.18. The maximum atomic E-state index is 13.1. The highest BCUT2D eigenvalue weighted by molar-refractivity contribution is 5.97. The van der Waals surface area contributed by atoms with Gasteiger partial charge in [0.2, 0.25) is 11.2 Å². The molecule has 3 aromatic carbocycles. The molecule has 0 aliphatic rings. The summed E-state index contributed by atoms with van der Waals surface area (Å²) in [5.41, 5.74) is 1.76. The van der Waals surface area contributed by atoms with Crippen molar-refractivity contribution >= 4 is 22.4 Å². The van der Waals surface area contributed by atoms with Gasteiger partial charge in [-0.05, 0) is 36.8 Å². The second-order valence-corrected chi connectivity index (χ2v) is 6.97. The Labute approximate surface area is 176 Å². The lowest BCUT2D eigenvalue weighted by molar-refractivity contribution is -0.384. The van der Waals surface area contributed by atoms with Crippen molar-refractivity contribution in [2.24, 2.45) is 0 Å². The van der Waals surface area contributed by atoms with E-state index in [4.69, 9.17) is 9.15 Å². The molecule has 0 unspecified atom stereocenters. The van der Waals surface area contributed by atoms with Crippen molar-refractivity contribution in [3.05, 3.63) is 104 Å². The number of hydrogen-bond acceptors (Lipinski definition) is 6. The van der Waals surface area contributed by atoms with Gasteiger partial charge in [-0.25, -0.2) is 0 Å². The maximum Gasteiger partial charge on any atom is 0.269 e. The zero-order valence-electron chi connectivity index (χ0n) is 16.5. The van der Waals surface area contributed by atoms with Crippen molar-refractivity contribution in [2.45, 2.75) is 6.92 Å². The average molecular weight is 415 g/mol. The summed E-state index contributed by atoms with van der Waals surface area (Å²) in [5.74, 6) is -0.240. The minimum absolute atomic E-state index is 0.0576. The molecule has 0 atom stereocenters. The van der Waals surface area contributed by atoms with Crippen LogP contribution in [-0.2, 0) is 0 Å². The van der Waals surface area contributed by atoms with Gasteiger partial charge in [0.05, 0.1) is 10.3 Å². The summed E-state index contributed by atoms with van der Waals surface area (Å²) in [6.07, 6.45) is 0. The van der Waals surface area contributed by atoms with Gasteiger partial charge in [-0.2, -0.15) is 0 Å². The molecule has 7 heteroatoms. The molecule has 0 spiro atoms. The van der Waals surface area contributed by atoms with Crippen LogP contribution in [0.25, 0.3) is 22.3 Å². The molecule has 1 heterocycles. The summed E-state index contributed by atoms with van der Waals surface area (Å²) in [5, 5.41) is 11.1. The van der Waals surface area contributed by atoms with Gasteiger partial charge < -0.3 is 9.15 Å². The zero-order valence-corrected chi connectivity index (χ0v) is 16.5. The van der Waals surface area contributed by atoms with E-state index >= 15 is 0 Å². The standard InChI is InChI=1S/C24H17NO6/c1-15-7-12-19-21(13-15)31-23(17-5-3-2-4-6-17)24(22(19)27)30-14-20(26)16-8-10-18(11-9-16)25(28)29/h2-13H,14H2,1H3. The van der Waals surface area contributed by atoms with Gasteiger partial charge in [0, 0.05) is 23.3 Å². The van der Waals surface area contributed by atoms with Crippen molar-refractivity contribution in [2.75, 3.05) is 6.61 Å². The molecule has 154 valence electrons. The number of ketones is 1. The van der Waals surface area contributed by atoms with Gasteiger partial charge >= 0.3 is 0 Å². The van der Waals surface area contributed by atoms with Gasteiger partial charge in [-0.1, -0.05) is 36.4 Å². The SMILES string of the molecule is Cc1ccc2c(=O)c(OCC(=O)c3ccc([N+](=O)[O-])cc3)c(-c3ccccc3)oc2c1. The monoisotopic (exact) mass is 415 g/mol. The fraction of sp³-hybridized carbons (Fsp3) is 0.0833. The van der Waals surface area contributed by atoms with E-state index in [1.54, 1.807) is 30.3 Å². The zero-order chi connectivity index (χ0) is 22.0. The molecule has 0 fully saturated rings. The van der Waals surface area contributed by atoms with Gasteiger partial charge in [0.15, 0.2) is 18.2 Å². The number of nitrogens with zero attached hydrogens (tertiary/aromatic N) is 1. The van der Waals surface area contributed by atoms with Gasteiger partial charge in [-0.3, -0.25) is 19.7 Å². The van der Waals surface area contributed by atoms with E-state index in [-0.39, 0.29) is 28.2 Å². The first kappa shape index (κ1) is 20.0. The largest absolute Gasteiger partial charge is 0.478 e. The third kappa shape index (κ3) is 4.06. The van der Waals surface area contributed by atoms with Gasteiger partial charge in [0.1, 0.15) is 5.58 Å². The third-order valence-electron chi connectivity index (χ3n) is 4.79. The van der Waals surface area contributed by atoms with Crippen LogP contribution < -0.4 is 10.2 Å². The lowest BCUT2D eigenvalue weighted by Gasteiger charge is -2.12. The van der Waals surface area contributed by atoms with Gasteiger partial charge in [-0.15, -0.1) is 0 Å². The summed E-state index contributed by atoms with van der Waals surface area (Å²) >= 11 is 0. The predicted octanol–water partition coefficient (Wildman–Crippen LogP) is 4.94. The van der Waals surface area contributed by atoms with E-state index in [1.165, 1.54) is 24.3 Å². The number of ether oxygens (including phenoxy) is 1. The van der Waals surface area contributed by atoms with Crippen molar-refractivity contribution < 1.29 is 18.9 Å². The minimum atomic E-state index is -0.543. The van der Waals surface area contributed by atoms with E-state index in [1.807, 2.05) is 25.1 Å². The number of fused-ring (bicyclic) bond motifs is 1. The summed E-state index contributed by atoms with van der Waals surface area (Å²) in [6, 6.07) is 19.5. The molecule has 7 nitrogen and oxygen atoms in total. The van der Waals surface area contributed by atoms with Crippen molar-refractivity contribution in [1.82, 2.24) is 0 Å². The Kier molecular flexibility index (Phi) is 5.32. The second-order valence-electron chi connectivity index (χ2n) is 6.97. The molecule has 0 aliphatic carbocycles. The van der Waals surface area contributed by atoms with Crippen LogP contribution in [0.2, 0.25) is 0 Å². The molecule has 0 N–H and O–H groups in total. The van der Waals surface area contributed by atoms with E-state index in [0.29, 0.717) is 16.5 Å². The third-order valence-corrected chi connectivity index (χ3v) is 4.79. The first-order valence-corrected chi connectivity index (χ1v) is 9.47. The van der Waals surface area contributed by atoms with E-state index in [2.05, 4.69) is 0 Å². The van der Waals surface area contributed by atoms with Crippen LogP contribution in [-0.4, -0.2) is 17.3 Å². The number of Topliss-reactive ketones (excluding diaryl/α,β-unsaturated/α-hetero) is 1. The smallest absolute Gasteiger partial charge is 0.269 e. The summed E-state index contributed by atoms with van der Waals surface area (Å²) in [4.78, 5) is 35.9. The lowest BCUT2D eigenvalue weighted by atomic mass is 10.1. The van der Waals surface area contributed by atoms with Crippen molar-refractivity contribution in [1.29, 1.82) is 0 Å². The number of non-ortho nitro benzene ring substituents is 1. The molecule has 1 aromatic heterocycles. The Morgan fingerprint density at radius 2 is 1.74 bits per heavy atom. The Balaban J connectivity index is 1.71. The molecule has 4 aromatic rings. The predicted molar refractivity (Wildman–Crippen MR) is 116 cm³/mol. The summed E-state index contributed by atoms with van der Waals surface area (Å²) in [6.45, 7) is 1.48. The highest BCUT2D eigenvalue weighted by atomic mass is 16.6. The van der Waals surface area contributed by atoms with E-state index < -0.39 is 17.3 Å². The van der Waals surface area contributed by atoms with Crippen LogP contribution in [0, 0.1) is 17.0 Å². The Morgan fingerprint density at radius 1 is 1.03 bits per heavy atom. The highest BCUT2D eigenvalue weighted by Gasteiger charge is 2.19. The number of nitro groups is 1. The molecule has 0 amide bonds. The lowest BCUT2D eigenvalue weighted by Crippen LogP contribution is -2.17. The molecule has 0 bridgehead atoms. The Hall–Kier alpha value is -4.26. The van der Waals surface area contributed by atoms with Crippen LogP contribution in [0.5, 0.6) is 5.75 Å². The average Bonchev–Trinajstić information content (AvgIpc) is 2.78. The van der Waals surface area contributed by atoms with E-state index in [0.717, 1.165) is 5.56 Å². The normalized spacial score (nSPS) is 10.7. The number of aryl methyl sites for hydroxylation is 1. The Morgan fingerprint density at radius 3 is 2.42 bits per heavy atom. The number of benzene rings is 3. The number of rotatable bonds is 6. The van der Waals surface area contributed by atoms with Crippen LogP contribution in [0.4, 0.5) is 5.69 Å².